The van der Waals surface area contributed by atoms with Gasteiger partial charge in [-0.3, -0.25) is 9.78 Å². The van der Waals surface area contributed by atoms with E-state index >= 15 is 0 Å². The van der Waals surface area contributed by atoms with Crippen LogP contribution in [0.2, 0.25) is 0 Å². The summed E-state index contributed by atoms with van der Waals surface area (Å²) in [7, 11) is 0. The Morgan fingerprint density at radius 2 is 0.711 bits per heavy atom. The predicted molar refractivity (Wildman–Crippen MR) is 399 cm³/mol. The fourth-order valence-corrected chi connectivity index (χ4v) is 13.1. The molecule has 14 rings (SSSR count). The zero-order valence-corrected chi connectivity index (χ0v) is 64.8. The lowest BCUT2D eigenvalue weighted by molar-refractivity contribution is -0.137. The number of esters is 3. The van der Waals surface area contributed by atoms with E-state index in [0.717, 1.165) is 24.3 Å². The number of aromatic nitrogens is 6. The summed E-state index contributed by atoms with van der Waals surface area (Å²) in [6.07, 6.45) is -22.1. The number of aromatic carboxylic acids is 1. The Labute approximate surface area is 672 Å². The first-order chi connectivity index (χ1) is 56.1. The molecule has 3 unspecified atom stereocenters. The van der Waals surface area contributed by atoms with Gasteiger partial charge in [-0.25, -0.2) is 70.4 Å². The predicted octanol–water partition coefficient (Wildman–Crippen LogP) is 22.7. The van der Waals surface area contributed by atoms with Crippen LogP contribution in [0.15, 0.2) is 122 Å². The van der Waals surface area contributed by atoms with Crippen LogP contribution >= 0.6 is 0 Å². The second-order valence-corrected chi connectivity index (χ2v) is 28.4. The van der Waals surface area contributed by atoms with Gasteiger partial charge in [-0.2, -0.15) is 65.9 Å². The number of hydrogen-bond acceptors (Lipinski definition) is 14. The highest BCUT2D eigenvalue weighted by atomic mass is 19.4. The Morgan fingerprint density at radius 1 is 0.421 bits per heavy atom. The molecule has 6 aromatic heterocycles. The molecule has 3 aliphatic carbocycles. The van der Waals surface area contributed by atoms with Crippen LogP contribution in [0.5, 0.6) is 0 Å². The van der Waals surface area contributed by atoms with Crippen molar-refractivity contribution in [2.45, 2.75) is 155 Å². The van der Waals surface area contributed by atoms with E-state index in [1.807, 2.05) is 0 Å². The van der Waals surface area contributed by atoms with Crippen LogP contribution in [-0.4, -0.2) is 102 Å². The molecule has 121 heavy (non-hydrogen) atoms. The fourth-order valence-electron chi connectivity index (χ4n) is 13.1. The fraction of sp³-hybridized carbons (Fsp3) is 0.321. The topological polar surface area (TPSA) is 223 Å². The molecule has 1 amide bonds. The van der Waals surface area contributed by atoms with Gasteiger partial charge in [-0.15, -0.1) is 0 Å². The summed E-state index contributed by atoms with van der Waals surface area (Å²) >= 11 is 0. The van der Waals surface area contributed by atoms with E-state index in [0.29, 0.717) is 62.0 Å². The lowest BCUT2D eigenvalue weighted by atomic mass is 9.98. The molecule has 0 bridgehead atoms. The van der Waals surface area contributed by atoms with Gasteiger partial charge in [0.25, 0.3) is 23.7 Å². The van der Waals surface area contributed by atoms with Crippen molar-refractivity contribution in [3.8, 4) is 0 Å². The van der Waals surface area contributed by atoms with Crippen LogP contribution in [0, 0.1) is 41.5 Å². The first-order valence-electron chi connectivity index (χ1n) is 36.4. The van der Waals surface area contributed by atoms with Gasteiger partial charge in [0.2, 0.25) is 0 Å². The molecular weight excluding hydrogens is 1650 g/mol. The zero-order valence-electron chi connectivity index (χ0n) is 64.8. The van der Waals surface area contributed by atoms with E-state index < -0.39 is 166 Å². The molecular formula is C84H68F21N7O9. The summed E-state index contributed by atoms with van der Waals surface area (Å²) in [6.45, 7) is 18.0. The molecule has 640 valence electrons. The summed E-state index contributed by atoms with van der Waals surface area (Å²) in [6, 6.07) is 22.9. The van der Waals surface area contributed by atoms with Crippen LogP contribution in [-0.2, 0) is 51.6 Å². The first kappa shape index (κ1) is 91.2. The Bertz CT molecular complexity index is 5930. The number of carboxylic acids is 1. The Morgan fingerprint density at radius 3 is 1.01 bits per heavy atom. The van der Waals surface area contributed by atoms with Crippen LogP contribution < -0.4 is 5.32 Å². The van der Waals surface area contributed by atoms with Crippen LogP contribution in [0.4, 0.5) is 92.2 Å². The number of pyridine rings is 6. The largest absolute Gasteiger partial charge is 0.477 e. The molecule has 0 saturated heterocycles. The van der Waals surface area contributed by atoms with E-state index in [4.69, 9.17) is 19.3 Å². The molecule has 37 heteroatoms. The van der Waals surface area contributed by atoms with E-state index in [2.05, 4.69) is 41.8 Å². The molecule has 0 aliphatic heterocycles. The number of benzene rings is 5. The SMILES string of the molecule is C=Cc1cc(C(F)(F)F)c2nc(C(=O)OCC)cc(C)c2c1.CCOC(=O)c1cc(C)c2cc(C)cc(C(F)(F)F)c2n1.CCOC(=O)c1cc(C)c2cc(C3CC3(F)F)cc(C(F)(F)F)c2n1.Cc1cc(C(=O)NCc2ccccn2)nc2c(C(F)(F)F)cc(C3CC3(F)F)cc12.Cc1cc(C(=O)O)nc2c(C(F)(F)F)cc(C3CC3(F)F)cc12. The van der Waals surface area contributed by atoms with Crippen molar-refractivity contribution in [3.05, 3.63) is 240 Å². The number of amides is 1. The Kier molecular flexibility index (Phi) is 25.8. The van der Waals surface area contributed by atoms with Gasteiger partial charge in [-0.1, -0.05) is 18.7 Å². The van der Waals surface area contributed by atoms with Crippen molar-refractivity contribution in [1.29, 1.82) is 0 Å². The summed E-state index contributed by atoms with van der Waals surface area (Å²) < 4.78 is 295. The number of carbonyl (C=O) groups is 5. The highest BCUT2D eigenvalue weighted by molar-refractivity contribution is 5.99. The number of aryl methyl sites for hydroxylation is 6. The zero-order chi connectivity index (χ0) is 89.7. The Hall–Kier alpha value is -12.1. The minimum Gasteiger partial charge on any atom is -0.477 e. The monoisotopic (exact) mass is 1720 g/mol. The quantitative estimate of drug-likeness (QED) is 0.0587. The molecule has 6 heterocycles. The molecule has 3 saturated carbocycles. The van der Waals surface area contributed by atoms with E-state index in [1.54, 1.807) is 78.1 Å². The molecule has 0 spiro atoms. The van der Waals surface area contributed by atoms with Gasteiger partial charge in [0, 0.05) is 52.4 Å². The van der Waals surface area contributed by atoms with Gasteiger partial charge in [-0.05, 0) is 221 Å². The van der Waals surface area contributed by atoms with E-state index in [1.165, 1.54) is 69.3 Å². The maximum absolute atomic E-state index is 13.7. The molecule has 3 aliphatic rings. The van der Waals surface area contributed by atoms with Crippen molar-refractivity contribution in [2.24, 2.45) is 0 Å². The average Bonchev–Trinajstić information content (AvgIpc) is 1.61. The minimum atomic E-state index is -4.82. The minimum absolute atomic E-state index is 0.0301. The average molecular weight is 1720 g/mol. The number of alkyl halides is 21. The Balaban J connectivity index is 0.000000160. The van der Waals surface area contributed by atoms with Gasteiger partial charge >= 0.3 is 54.8 Å². The molecule has 3 atom stereocenters. The van der Waals surface area contributed by atoms with Crippen molar-refractivity contribution < 1.29 is 135 Å². The maximum atomic E-state index is 13.7. The standard InChI is InChI=1S/C21H16F5N3O.C17H14F5NO2.C16H14F3NO2.C15H10F5NO2.C15H14F3NO2/c1-11-6-17(19(30)28-10-13-4-2-3-5-27-13)29-18-14(11)7-12(16-9-20(16,22)23)8-15(18)21(24,25)26;1-3-25-15(24)13-4-8(2)10-5-9(12-7-16(12,18)19)6-11(14(10)23-13)17(20,21)22;1-4-10-7-11-9(3)6-13(15(21)22-5-2)20-14(11)12(8-10)16(17,18)19;1-6-2-11(13(22)23)21-12-8(6)3-7(10-5-14(10,16)17)4-9(12)15(18,19)20;1-4-21-14(20)12-7-9(3)10-5-8(2)6-11(13(10)19-12)15(16,17)18/h2-8,16H,9-10H2,1H3,(H,28,30);4-6,12H,3,7H2,1-2H3;4,6-8H,1,5H2,2-3H3;2-4,10H,5H2,1H3,(H,22,23);5-7H,4H2,1-3H3. The number of carbonyl (C=O) groups excluding carboxylic acids is 4. The van der Waals surface area contributed by atoms with Gasteiger partial charge in [0.1, 0.15) is 28.5 Å². The van der Waals surface area contributed by atoms with Crippen molar-refractivity contribution >= 4 is 90.4 Å². The van der Waals surface area contributed by atoms with Gasteiger partial charge < -0.3 is 24.6 Å². The molecule has 0 radical (unpaired) electrons. The van der Waals surface area contributed by atoms with Gasteiger partial charge in [0.15, 0.2) is 0 Å². The molecule has 2 N–H and O–H groups in total. The second-order valence-electron chi connectivity index (χ2n) is 28.4. The number of halogens is 21. The van der Waals surface area contributed by atoms with Crippen LogP contribution in [0.25, 0.3) is 60.6 Å². The highest BCUT2D eigenvalue weighted by Crippen LogP contribution is 2.59. The number of hydrogen-bond donors (Lipinski definition) is 2. The smallest absolute Gasteiger partial charge is 0.418 e. The van der Waals surface area contributed by atoms with Crippen molar-refractivity contribution in [3.63, 3.8) is 0 Å². The number of fused-ring (bicyclic) bond motifs is 5. The molecule has 5 aromatic carbocycles. The summed E-state index contributed by atoms with van der Waals surface area (Å²) in [5.41, 5.74) is -5.15. The van der Waals surface area contributed by atoms with Crippen molar-refractivity contribution in [1.82, 2.24) is 35.2 Å². The number of nitrogens with one attached hydrogen (secondary N) is 1. The van der Waals surface area contributed by atoms with Crippen molar-refractivity contribution in [2.75, 3.05) is 19.8 Å². The van der Waals surface area contributed by atoms with E-state index in [-0.39, 0.29) is 98.6 Å². The van der Waals surface area contributed by atoms with E-state index in [9.17, 15) is 116 Å². The second kappa shape index (κ2) is 34.2. The normalized spacial score (nSPS) is 16.2. The highest BCUT2D eigenvalue weighted by Gasteiger charge is 2.60. The van der Waals surface area contributed by atoms with Crippen LogP contribution in [0.1, 0.15) is 199 Å². The van der Waals surface area contributed by atoms with Crippen LogP contribution in [0.3, 0.4) is 0 Å². The molecule has 16 nitrogen and oxygen atoms in total. The summed E-state index contributed by atoms with van der Waals surface area (Å²) in [5, 5.41) is 12.5. The lowest BCUT2D eigenvalue weighted by Crippen LogP contribution is -2.24. The molecule has 11 aromatic rings. The maximum Gasteiger partial charge on any atom is 0.418 e. The molecule has 3 fully saturated rings. The lowest BCUT2D eigenvalue weighted by Gasteiger charge is -2.15. The number of carboxylic acid groups (broad SMARTS) is 1. The first-order valence-corrected chi connectivity index (χ1v) is 36.4. The third-order valence-corrected chi connectivity index (χ3v) is 19.3. The van der Waals surface area contributed by atoms with Gasteiger partial charge in [0.05, 0.1) is 105 Å². The third-order valence-electron chi connectivity index (χ3n) is 19.3. The third kappa shape index (κ3) is 20.9. The summed E-state index contributed by atoms with van der Waals surface area (Å²) in [5.74, 6) is -17.1. The number of nitrogens with zero attached hydrogens (tertiary/aromatic N) is 6. The number of rotatable bonds is 14. The summed E-state index contributed by atoms with van der Waals surface area (Å²) in [4.78, 5) is 81.8. The number of ether oxygens (including phenoxy) is 3.